The number of ether oxygens (including phenoxy) is 2. The summed E-state index contributed by atoms with van der Waals surface area (Å²) in [4.78, 5) is 14.7. The van der Waals surface area contributed by atoms with Crippen LogP contribution in [0.3, 0.4) is 0 Å². The fourth-order valence-electron chi connectivity index (χ4n) is 2.86. The number of likely N-dealkylation sites (tertiary alicyclic amines) is 1. The third-order valence-electron chi connectivity index (χ3n) is 4.12. The zero-order valence-electron chi connectivity index (χ0n) is 13.5. The van der Waals surface area contributed by atoms with Crippen LogP contribution in [0.15, 0.2) is 30.3 Å². The molecule has 5 heteroatoms. The highest BCUT2D eigenvalue weighted by molar-refractivity contribution is 5.82. The second-order valence-corrected chi connectivity index (χ2v) is 5.72. The molecule has 22 heavy (non-hydrogen) atoms. The van der Waals surface area contributed by atoms with Crippen molar-refractivity contribution in [2.75, 3.05) is 47.0 Å². The Balaban J connectivity index is 1.77. The van der Waals surface area contributed by atoms with E-state index in [0.717, 1.165) is 38.2 Å². The summed E-state index contributed by atoms with van der Waals surface area (Å²) in [5, 5.41) is 3.03. The van der Waals surface area contributed by atoms with Crippen LogP contribution in [0.2, 0.25) is 0 Å². The number of nitrogens with one attached hydrogen (secondary N) is 1. The molecule has 0 unspecified atom stereocenters. The van der Waals surface area contributed by atoms with Gasteiger partial charge in [0.05, 0.1) is 6.61 Å². The lowest BCUT2D eigenvalue weighted by Gasteiger charge is -2.18. The second-order valence-electron chi connectivity index (χ2n) is 5.72. The first-order valence-electron chi connectivity index (χ1n) is 7.81. The van der Waals surface area contributed by atoms with Gasteiger partial charge in [0.15, 0.2) is 6.10 Å². The summed E-state index contributed by atoms with van der Waals surface area (Å²) < 4.78 is 10.5. The number of rotatable bonds is 8. The van der Waals surface area contributed by atoms with Crippen molar-refractivity contribution in [3.8, 4) is 0 Å². The number of methoxy groups -OCH3 is 2. The molecule has 1 heterocycles. The highest BCUT2D eigenvalue weighted by atomic mass is 16.5. The molecule has 2 rings (SSSR count). The molecule has 2 atom stereocenters. The molecule has 0 radical (unpaired) electrons. The molecule has 1 aromatic carbocycles. The van der Waals surface area contributed by atoms with Crippen molar-refractivity contribution in [2.45, 2.75) is 12.5 Å². The lowest BCUT2D eigenvalue weighted by molar-refractivity contribution is -0.131. The second kappa shape index (κ2) is 8.88. The number of hydrogen-bond donors (Lipinski definition) is 1. The Morgan fingerprint density at radius 1 is 1.36 bits per heavy atom. The number of amides is 1. The SMILES string of the molecule is COCCN1CC[C@H](CNC(=O)[C@H](OC)c2ccccc2)C1. The van der Waals surface area contributed by atoms with E-state index in [2.05, 4.69) is 10.2 Å². The minimum atomic E-state index is -0.535. The van der Waals surface area contributed by atoms with Crippen LogP contribution in [0.4, 0.5) is 0 Å². The molecule has 1 aliphatic rings. The lowest BCUT2D eigenvalue weighted by Crippen LogP contribution is -2.35. The van der Waals surface area contributed by atoms with Crippen LogP contribution in [0.1, 0.15) is 18.1 Å². The van der Waals surface area contributed by atoms with Gasteiger partial charge in [-0.05, 0) is 24.4 Å². The summed E-state index contributed by atoms with van der Waals surface area (Å²) in [5.41, 5.74) is 0.885. The number of carbonyl (C=O) groups is 1. The van der Waals surface area contributed by atoms with E-state index in [1.807, 2.05) is 30.3 Å². The van der Waals surface area contributed by atoms with E-state index in [1.54, 1.807) is 14.2 Å². The van der Waals surface area contributed by atoms with Crippen molar-refractivity contribution in [3.05, 3.63) is 35.9 Å². The van der Waals surface area contributed by atoms with Gasteiger partial charge in [0.2, 0.25) is 0 Å². The molecule has 1 N–H and O–H groups in total. The van der Waals surface area contributed by atoms with Gasteiger partial charge in [-0.25, -0.2) is 0 Å². The van der Waals surface area contributed by atoms with Crippen molar-refractivity contribution in [2.24, 2.45) is 5.92 Å². The Kier molecular flexibility index (Phi) is 6.83. The smallest absolute Gasteiger partial charge is 0.253 e. The number of benzene rings is 1. The Morgan fingerprint density at radius 3 is 2.82 bits per heavy atom. The minimum Gasteiger partial charge on any atom is -0.383 e. The van der Waals surface area contributed by atoms with Crippen molar-refractivity contribution in [3.63, 3.8) is 0 Å². The summed E-state index contributed by atoms with van der Waals surface area (Å²) in [7, 11) is 3.29. The maximum absolute atomic E-state index is 12.3. The molecule has 1 amide bonds. The molecular formula is C17H26N2O3. The first-order valence-corrected chi connectivity index (χ1v) is 7.81. The average molecular weight is 306 g/mol. The van der Waals surface area contributed by atoms with Crippen molar-refractivity contribution in [1.29, 1.82) is 0 Å². The predicted octanol–water partition coefficient (Wildman–Crippen LogP) is 1.46. The van der Waals surface area contributed by atoms with Crippen molar-refractivity contribution in [1.82, 2.24) is 10.2 Å². The Labute approximate surface area is 132 Å². The van der Waals surface area contributed by atoms with E-state index >= 15 is 0 Å². The monoisotopic (exact) mass is 306 g/mol. The van der Waals surface area contributed by atoms with Gasteiger partial charge in [0.1, 0.15) is 0 Å². The van der Waals surface area contributed by atoms with E-state index < -0.39 is 6.10 Å². The van der Waals surface area contributed by atoms with Gasteiger partial charge in [-0.3, -0.25) is 4.79 Å². The van der Waals surface area contributed by atoms with Gasteiger partial charge in [-0.15, -0.1) is 0 Å². The molecule has 0 spiro atoms. The summed E-state index contributed by atoms with van der Waals surface area (Å²) in [6.45, 7) is 4.53. The van der Waals surface area contributed by atoms with Crippen LogP contribution in [0.5, 0.6) is 0 Å². The van der Waals surface area contributed by atoms with E-state index in [-0.39, 0.29) is 5.91 Å². The van der Waals surface area contributed by atoms with E-state index in [4.69, 9.17) is 9.47 Å². The maximum Gasteiger partial charge on any atom is 0.253 e. The first kappa shape index (κ1) is 16.9. The molecule has 1 aromatic rings. The molecule has 0 aromatic heterocycles. The van der Waals surface area contributed by atoms with E-state index in [0.29, 0.717) is 12.5 Å². The molecule has 0 aliphatic carbocycles. The van der Waals surface area contributed by atoms with Gasteiger partial charge in [0.25, 0.3) is 5.91 Å². The summed E-state index contributed by atoms with van der Waals surface area (Å²) in [6, 6.07) is 9.59. The summed E-state index contributed by atoms with van der Waals surface area (Å²) in [5.74, 6) is 0.443. The fraction of sp³-hybridized carbons (Fsp3) is 0.588. The van der Waals surface area contributed by atoms with Crippen LogP contribution in [-0.2, 0) is 14.3 Å². The van der Waals surface area contributed by atoms with Crippen LogP contribution in [0.25, 0.3) is 0 Å². The minimum absolute atomic E-state index is 0.0657. The average Bonchev–Trinajstić information content (AvgIpc) is 3.00. The number of nitrogens with zero attached hydrogens (tertiary/aromatic N) is 1. The lowest BCUT2D eigenvalue weighted by atomic mass is 10.1. The third-order valence-corrected chi connectivity index (χ3v) is 4.12. The van der Waals surface area contributed by atoms with Gasteiger partial charge in [-0.2, -0.15) is 0 Å². The van der Waals surface area contributed by atoms with E-state index in [1.165, 1.54) is 0 Å². The molecule has 0 saturated carbocycles. The normalized spacial score (nSPS) is 20.0. The Morgan fingerprint density at radius 2 is 2.14 bits per heavy atom. The molecule has 1 saturated heterocycles. The Bertz CT molecular complexity index is 452. The number of hydrogen-bond acceptors (Lipinski definition) is 4. The quantitative estimate of drug-likeness (QED) is 0.790. The third kappa shape index (κ3) is 4.80. The summed E-state index contributed by atoms with van der Waals surface area (Å²) in [6.07, 6.45) is 0.583. The van der Waals surface area contributed by atoms with Crippen molar-refractivity contribution >= 4 is 5.91 Å². The molecular weight excluding hydrogens is 280 g/mol. The summed E-state index contributed by atoms with van der Waals surface area (Å²) >= 11 is 0. The molecule has 0 bridgehead atoms. The van der Waals surface area contributed by atoms with E-state index in [9.17, 15) is 4.79 Å². The molecule has 5 nitrogen and oxygen atoms in total. The largest absolute Gasteiger partial charge is 0.383 e. The van der Waals surface area contributed by atoms with Crippen LogP contribution < -0.4 is 5.32 Å². The predicted molar refractivity (Wildman–Crippen MR) is 85.6 cm³/mol. The highest BCUT2D eigenvalue weighted by Gasteiger charge is 2.25. The van der Waals surface area contributed by atoms with Crippen molar-refractivity contribution < 1.29 is 14.3 Å². The van der Waals surface area contributed by atoms with Gasteiger partial charge in [0, 0.05) is 33.9 Å². The van der Waals surface area contributed by atoms with Gasteiger partial charge in [-0.1, -0.05) is 30.3 Å². The molecule has 1 aliphatic heterocycles. The topological polar surface area (TPSA) is 50.8 Å². The van der Waals surface area contributed by atoms with Crippen LogP contribution >= 0.6 is 0 Å². The first-order chi connectivity index (χ1) is 10.7. The Hall–Kier alpha value is -1.43. The zero-order chi connectivity index (χ0) is 15.8. The fourth-order valence-corrected chi connectivity index (χ4v) is 2.86. The molecule has 1 fully saturated rings. The van der Waals surface area contributed by atoms with Crippen LogP contribution in [0, 0.1) is 5.92 Å². The van der Waals surface area contributed by atoms with Crippen LogP contribution in [-0.4, -0.2) is 57.8 Å². The molecule has 122 valence electrons. The standard InChI is InChI=1S/C17H26N2O3/c1-21-11-10-19-9-8-14(13-19)12-18-17(20)16(22-2)15-6-4-3-5-7-15/h3-7,14,16H,8-13H2,1-2H3,(H,18,20)/t14-,16-/m1/s1. The van der Waals surface area contributed by atoms with Gasteiger partial charge < -0.3 is 19.7 Å². The van der Waals surface area contributed by atoms with Gasteiger partial charge >= 0.3 is 0 Å². The zero-order valence-corrected chi connectivity index (χ0v) is 13.5. The maximum atomic E-state index is 12.3. The number of carbonyl (C=O) groups excluding carboxylic acids is 1. The highest BCUT2D eigenvalue weighted by Crippen LogP contribution is 2.18.